The second-order valence-corrected chi connectivity index (χ2v) is 6.47. The Kier molecular flexibility index (Phi) is 4.86. The Labute approximate surface area is 147 Å². The molecule has 0 spiro atoms. The molecule has 0 aliphatic carbocycles. The van der Waals surface area contributed by atoms with Crippen LogP contribution < -0.4 is 10.2 Å². The van der Waals surface area contributed by atoms with Gasteiger partial charge in [-0.1, -0.05) is 24.3 Å². The molecule has 0 radical (unpaired) electrons. The van der Waals surface area contributed by atoms with Gasteiger partial charge in [0.1, 0.15) is 0 Å². The van der Waals surface area contributed by atoms with Gasteiger partial charge >= 0.3 is 0 Å². The fourth-order valence-corrected chi connectivity index (χ4v) is 3.14. The molecule has 5 nitrogen and oxygen atoms in total. The van der Waals surface area contributed by atoms with Crippen LogP contribution >= 0.6 is 0 Å². The van der Waals surface area contributed by atoms with Crippen LogP contribution in [-0.4, -0.2) is 23.5 Å². The van der Waals surface area contributed by atoms with Crippen LogP contribution in [0.3, 0.4) is 0 Å². The van der Waals surface area contributed by atoms with Gasteiger partial charge in [-0.25, -0.2) is 0 Å². The SMILES string of the molecule is Cc1cccc(N2CC(C(=O)Nc3cccc(CO)c3)CC2=O)c1C. The first kappa shape index (κ1) is 17.2. The van der Waals surface area contributed by atoms with E-state index in [2.05, 4.69) is 5.32 Å². The highest BCUT2D eigenvalue weighted by Crippen LogP contribution is 2.30. The molecule has 2 N–H and O–H groups in total. The fourth-order valence-electron chi connectivity index (χ4n) is 3.14. The van der Waals surface area contributed by atoms with Crippen molar-refractivity contribution in [2.75, 3.05) is 16.8 Å². The summed E-state index contributed by atoms with van der Waals surface area (Å²) >= 11 is 0. The quantitative estimate of drug-likeness (QED) is 0.901. The molecule has 3 rings (SSSR count). The highest BCUT2D eigenvalue weighted by atomic mass is 16.3. The van der Waals surface area contributed by atoms with Gasteiger partial charge in [0.15, 0.2) is 0 Å². The Balaban J connectivity index is 1.73. The van der Waals surface area contributed by atoms with E-state index in [9.17, 15) is 14.7 Å². The van der Waals surface area contributed by atoms with Crippen molar-refractivity contribution in [2.45, 2.75) is 26.9 Å². The second kappa shape index (κ2) is 7.07. The summed E-state index contributed by atoms with van der Waals surface area (Å²) < 4.78 is 0. The van der Waals surface area contributed by atoms with E-state index in [0.29, 0.717) is 12.2 Å². The first-order valence-corrected chi connectivity index (χ1v) is 8.37. The Bertz CT molecular complexity index is 816. The predicted molar refractivity (Wildman–Crippen MR) is 97.4 cm³/mol. The van der Waals surface area contributed by atoms with E-state index in [4.69, 9.17) is 0 Å². The summed E-state index contributed by atoms with van der Waals surface area (Å²) in [6.45, 7) is 4.31. The molecule has 2 amide bonds. The minimum Gasteiger partial charge on any atom is -0.392 e. The molecule has 2 aromatic rings. The maximum atomic E-state index is 12.5. The standard InChI is InChI=1S/C20H22N2O3/c1-13-5-3-8-18(14(13)2)22-11-16(10-19(22)24)20(25)21-17-7-4-6-15(9-17)12-23/h3-9,16,23H,10-12H2,1-2H3,(H,21,25). The average molecular weight is 338 g/mol. The molecule has 0 bridgehead atoms. The van der Waals surface area contributed by atoms with Crippen LogP contribution in [0.25, 0.3) is 0 Å². The van der Waals surface area contributed by atoms with Crippen molar-refractivity contribution in [3.63, 3.8) is 0 Å². The summed E-state index contributed by atoms with van der Waals surface area (Å²) in [6.07, 6.45) is 0.207. The van der Waals surface area contributed by atoms with Crippen molar-refractivity contribution >= 4 is 23.2 Å². The molecule has 1 heterocycles. The fraction of sp³-hybridized carbons (Fsp3) is 0.300. The number of hydrogen-bond donors (Lipinski definition) is 2. The number of anilines is 2. The lowest BCUT2D eigenvalue weighted by Crippen LogP contribution is -2.28. The van der Waals surface area contributed by atoms with Gasteiger partial charge in [-0.15, -0.1) is 0 Å². The molecule has 1 saturated heterocycles. The highest BCUT2D eigenvalue weighted by Gasteiger charge is 2.35. The first-order chi connectivity index (χ1) is 12.0. The van der Waals surface area contributed by atoms with Gasteiger partial charge in [-0.05, 0) is 48.7 Å². The molecular weight excluding hydrogens is 316 g/mol. The zero-order valence-corrected chi connectivity index (χ0v) is 14.5. The van der Waals surface area contributed by atoms with Crippen LogP contribution in [0.15, 0.2) is 42.5 Å². The first-order valence-electron chi connectivity index (χ1n) is 8.37. The Morgan fingerprint density at radius 2 is 2.00 bits per heavy atom. The van der Waals surface area contributed by atoms with Gasteiger partial charge in [-0.3, -0.25) is 9.59 Å². The van der Waals surface area contributed by atoms with Gasteiger partial charge in [0.05, 0.1) is 12.5 Å². The van der Waals surface area contributed by atoms with Crippen LogP contribution in [0.2, 0.25) is 0 Å². The number of nitrogens with one attached hydrogen (secondary N) is 1. The molecule has 0 saturated carbocycles. The highest BCUT2D eigenvalue weighted by molar-refractivity contribution is 6.03. The number of amides is 2. The molecule has 1 aliphatic rings. The normalized spacial score (nSPS) is 17.0. The maximum Gasteiger partial charge on any atom is 0.229 e. The van der Waals surface area contributed by atoms with Crippen molar-refractivity contribution in [1.29, 1.82) is 0 Å². The van der Waals surface area contributed by atoms with Crippen LogP contribution in [0.4, 0.5) is 11.4 Å². The largest absolute Gasteiger partial charge is 0.392 e. The molecule has 1 fully saturated rings. The van der Waals surface area contributed by atoms with E-state index in [1.54, 1.807) is 29.2 Å². The summed E-state index contributed by atoms with van der Waals surface area (Å²) in [5.41, 5.74) is 4.43. The van der Waals surface area contributed by atoms with Gasteiger partial charge < -0.3 is 15.3 Å². The zero-order chi connectivity index (χ0) is 18.0. The Morgan fingerprint density at radius 3 is 2.76 bits per heavy atom. The molecule has 5 heteroatoms. The van der Waals surface area contributed by atoms with E-state index in [0.717, 1.165) is 22.4 Å². The van der Waals surface area contributed by atoms with E-state index < -0.39 is 0 Å². The molecule has 25 heavy (non-hydrogen) atoms. The number of carbonyl (C=O) groups is 2. The molecule has 2 aromatic carbocycles. The van der Waals surface area contributed by atoms with Crippen molar-refractivity contribution in [2.24, 2.45) is 5.92 Å². The molecule has 0 aromatic heterocycles. The average Bonchev–Trinajstić information content (AvgIpc) is 2.99. The number of aliphatic hydroxyl groups excluding tert-OH is 1. The summed E-state index contributed by atoms with van der Waals surface area (Å²) in [7, 11) is 0. The van der Waals surface area contributed by atoms with Crippen LogP contribution in [-0.2, 0) is 16.2 Å². The van der Waals surface area contributed by atoms with Crippen LogP contribution in [0.1, 0.15) is 23.1 Å². The lowest BCUT2D eigenvalue weighted by Gasteiger charge is -2.20. The van der Waals surface area contributed by atoms with Gasteiger partial charge in [-0.2, -0.15) is 0 Å². The number of nitrogens with zero attached hydrogens (tertiary/aromatic N) is 1. The molecule has 130 valence electrons. The lowest BCUT2D eigenvalue weighted by molar-refractivity contribution is -0.122. The topological polar surface area (TPSA) is 69.6 Å². The number of aryl methyl sites for hydroxylation is 1. The third-order valence-electron chi connectivity index (χ3n) is 4.74. The summed E-state index contributed by atoms with van der Waals surface area (Å²) in [6, 6.07) is 12.9. The van der Waals surface area contributed by atoms with E-state index in [1.165, 1.54) is 0 Å². The molecule has 1 unspecified atom stereocenters. The Morgan fingerprint density at radius 1 is 1.24 bits per heavy atom. The van der Waals surface area contributed by atoms with Gasteiger partial charge in [0.2, 0.25) is 11.8 Å². The van der Waals surface area contributed by atoms with Crippen molar-refractivity contribution in [3.05, 3.63) is 59.2 Å². The minimum absolute atomic E-state index is 0.0297. The summed E-state index contributed by atoms with van der Waals surface area (Å²) in [5, 5.41) is 12.0. The zero-order valence-electron chi connectivity index (χ0n) is 14.5. The molecular formula is C20H22N2O3. The summed E-state index contributed by atoms with van der Waals surface area (Å²) in [5.74, 6) is -0.584. The number of hydrogen-bond acceptors (Lipinski definition) is 3. The van der Waals surface area contributed by atoms with Crippen LogP contribution in [0.5, 0.6) is 0 Å². The van der Waals surface area contributed by atoms with Crippen LogP contribution in [0, 0.1) is 19.8 Å². The monoisotopic (exact) mass is 338 g/mol. The van der Waals surface area contributed by atoms with Crippen molar-refractivity contribution in [3.8, 4) is 0 Å². The van der Waals surface area contributed by atoms with Gasteiger partial charge in [0, 0.05) is 24.3 Å². The molecule has 1 atom stereocenters. The molecule has 1 aliphatic heterocycles. The second-order valence-electron chi connectivity index (χ2n) is 6.47. The van der Waals surface area contributed by atoms with Gasteiger partial charge in [0.25, 0.3) is 0 Å². The predicted octanol–water partition coefficient (Wildman–Crippen LogP) is 2.79. The number of aliphatic hydroxyl groups is 1. The third-order valence-corrected chi connectivity index (χ3v) is 4.74. The minimum atomic E-state index is -0.384. The Hall–Kier alpha value is -2.66. The van der Waals surface area contributed by atoms with E-state index >= 15 is 0 Å². The smallest absolute Gasteiger partial charge is 0.229 e. The third kappa shape index (κ3) is 3.56. The number of rotatable bonds is 4. The summed E-state index contributed by atoms with van der Waals surface area (Å²) in [4.78, 5) is 26.7. The van der Waals surface area contributed by atoms with Crippen molar-refractivity contribution in [1.82, 2.24) is 0 Å². The number of carbonyl (C=O) groups excluding carboxylic acids is 2. The van der Waals surface area contributed by atoms with E-state index in [1.807, 2.05) is 32.0 Å². The van der Waals surface area contributed by atoms with E-state index in [-0.39, 0.29) is 30.8 Å². The maximum absolute atomic E-state index is 12.5. The number of benzene rings is 2. The lowest BCUT2D eigenvalue weighted by atomic mass is 10.1. The van der Waals surface area contributed by atoms with Crippen molar-refractivity contribution < 1.29 is 14.7 Å².